The van der Waals surface area contributed by atoms with Crippen LogP contribution in [0.2, 0.25) is 0 Å². The van der Waals surface area contributed by atoms with Crippen LogP contribution in [0.25, 0.3) is 10.8 Å². The van der Waals surface area contributed by atoms with E-state index in [-0.39, 0.29) is 6.10 Å². The van der Waals surface area contributed by atoms with Crippen molar-refractivity contribution in [2.24, 2.45) is 0 Å². The van der Waals surface area contributed by atoms with Gasteiger partial charge >= 0.3 is 0 Å². The number of hydrogen-bond donors (Lipinski definition) is 1. The highest BCUT2D eigenvalue weighted by molar-refractivity contribution is 5.85. The second-order valence-electron chi connectivity index (χ2n) is 5.09. The zero-order valence-corrected chi connectivity index (χ0v) is 11.1. The number of aliphatic hydroxyl groups excluding tert-OH is 1. The summed E-state index contributed by atoms with van der Waals surface area (Å²) in [4.78, 5) is 2.10. The molecule has 0 aliphatic rings. The Balaban J connectivity index is 2.11. The number of benzene rings is 2. The molecular formula is C16H21NO. The van der Waals surface area contributed by atoms with Gasteiger partial charge in [-0.15, -0.1) is 0 Å². The molecule has 0 aromatic heterocycles. The monoisotopic (exact) mass is 243 g/mol. The summed E-state index contributed by atoms with van der Waals surface area (Å²) in [5.74, 6) is 0. The first-order valence-electron chi connectivity index (χ1n) is 6.46. The van der Waals surface area contributed by atoms with Gasteiger partial charge in [0.2, 0.25) is 0 Å². The van der Waals surface area contributed by atoms with Gasteiger partial charge in [0.15, 0.2) is 0 Å². The third-order valence-corrected chi connectivity index (χ3v) is 3.25. The Morgan fingerprint density at radius 2 is 1.78 bits per heavy atom. The van der Waals surface area contributed by atoms with Gasteiger partial charge in [-0.25, -0.2) is 0 Å². The van der Waals surface area contributed by atoms with Gasteiger partial charge < -0.3 is 10.0 Å². The van der Waals surface area contributed by atoms with Crippen LogP contribution in [0.4, 0.5) is 0 Å². The number of rotatable bonds is 5. The quantitative estimate of drug-likeness (QED) is 0.872. The molecule has 2 aromatic carbocycles. The summed E-state index contributed by atoms with van der Waals surface area (Å²) >= 11 is 0. The lowest BCUT2D eigenvalue weighted by atomic mass is 9.99. The van der Waals surface area contributed by atoms with Gasteiger partial charge in [-0.2, -0.15) is 0 Å². The van der Waals surface area contributed by atoms with Crippen LogP contribution in [-0.4, -0.2) is 36.8 Å². The second kappa shape index (κ2) is 5.98. The van der Waals surface area contributed by atoms with E-state index >= 15 is 0 Å². The summed E-state index contributed by atoms with van der Waals surface area (Å²) in [5, 5.41) is 12.6. The molecule has 2 nitrogen and oxygen atoms in total. The Morgan fingerprint density at radius 1 is 1.06 bits per heavy atom. The Morgan fingerprint density at radius 3 is 2.56 bits per heavy atom. The van der Waals surface area contributed by atoms with E-state index < -0.39 is 0 Å². The van der Waals surface area contributed by atoms with Crippen molar-refractivity contribution >= 4 is 10.8 Å². The van der Waals surface area contributed by atoms with Crippen molar-refractivity contribution in [1.82, 2.24) is 4.90 Å². The van der Waals surface area contributed by atoms with Crippen molar-refractivity contribution in [3.63, 3.8) is 0 Å². The van der Waals surface area contributed by atoms with Crippen molar-refractivity contribution in [3.8, 4) is 0 Å². The summed E-state index contributed by atoms with van der Waals surface area (Å²) in [6, 6.07) is 14.6. The van der Waals surface area contributed by atoms with E-state index in [0.717, 1.165) is 19.4 Å². The molecule has 1 atom stereocenters. The molecule has 2 aromatic rings. The molecule has 18 heavy (non-hydrogen) atoms. The standard InChI is InChI=1S/C16H21NO/c1-17(2)11-10-15(18)12-14-8-5-7-13-6-3-4-9-16(13)14/h3-9,15,18H,10-12H2,1-2H3. The zero-order chi connectivity index (χ0) is 13.0. The molecule has 0 saturated heterocycles. The average molecular weight is 243 g/mol. The first kappa shape index (κ1) is 13.1. The number of nitrogens with zero attached hydrogens (tertiary/aromatic N) is 1. The van der Waals surface area contributed by atoms with Gasteiger partial charge in [0.25, 0.3) is 0 Å². The Hall–Kier alpha value is -1.38. The van der Waals surface area contributed by atoms with Gasteiger partial charge in [-0.3, -0.25) is 0 Å². The molecule has 0 aliphatic heterocycles. The van der Waals surface area contributed by atoms with Gasteiger partial charge in [0.1, 0.15) is 0 Å². The molecule has 2 rings (SSSR count). The minimum absolute atomic E-state index is 0.266. The summed E-state index contributed by atoms with van der Waals surface area (Å²) in [7, 11) is 4.06. The Labute approximate surface area is 109 Å². The van der Waals surface area contributed by atoms with Crippen molar-refractivity contribution < 1.29 is 5.11 Å². The van der Waals surface area contributed by atoms with Gasteiger partial charge in [0.05, 0.1) is 6.10 Å². The lowest BCUT2D eigenvalue weighted by Gasteiger charge is -2.15. The predicted molar refractivity (Wildman–Crippen MR) is 76.8 cm³/mol. The first-order chi connectivity index (χ1) is 8.66. The maximum absolute atomic E-state index is 10.1. The van der Waals surface area contributed by atoms with E-state index in [1.54, 1.807) is 0 Å². The van der Waals surface area contributed by atoms with E-state index in [4.69, 9.17) is 0 Å². The van der Waals surface area contributed by atoms with Crippen molar-refractivity contribution in [1.29, 1.82) is 0 Å². The normalized spacial score (nSPS) is 13.1. The van der Waals surface area contributed by atoms with E-state index in [2.05, 4.69) is 47.4 Å². The highest BCUT2D eigenvalue weighted by Crippen LogP contribution is 2.20. The molecule has 1 N–H and O–H groups in total. The number of hydrogen-bond acceptors (Lipinski definition) is 2. The van der Waals surface area contributed by atoms with E-state index in [0.29, 0.717) is 0 Å². The maximum Gasteiger partial charge on any atom is 0.0593 e. The predicted octanol–water partition coefficient (Wildman–Crippen LogP) is 2.69. The molecule has 96 valence electrons. The molecule has 0 fully saturated rings. The van der Waals surface area contributed by atoms with Crippen LogP contribution in [-0.2, 0) is 6.42 Å². The lowest BCUT2D eigenvalue weighted by Crippen LogP contribution is -2.20. The van der Waals surface area contributed by atoms with Crippen molar-refractivity contribution in [2.45, 2.75) is 18.9 Å². The van der Waals surface area contributed by atoms with Crippen molar-refractivity contribution in [3.05, 3.63) is 48.0 Å². The number of fused-ring (bicyclic) bond motifs is 1. The molecule has 2 heteroatoms. The fourth-order valence-electron chi connectivity index (χ4n) is 2.23. The van der Waals surface area contributed by atoms with Crippen LogP contribution >= 0.6 is 0 Å². The summed E-state index contributed by atoms with van der Waals surface area (Å²) in [5.41, 5.74) is 1.24. The molecule has 0 aliphatic carbocycles. The van der Waals surface area contributed by atoms with Gasteiger partial charge in [0, 0.05) is 0 Å². The van der Waals surface area contributed by atoms with E-state index in [1.807, 2.05) is 14.1 Å². The van der Waals surface area contributed by atoms with Crippen LogP contribution in [0.1, 0.15) is 12.0 Å². The lowest BCUT2D eigenvalue weighted by molar-refractivity contribution is 0.152. The number of aliphatic hydroxyl groups is 1. The van der Waals surface area contributed by atoms with E-state index in [9.17, 15) is 5.11 Å². The van der Waals surface area contributed by atoms with Crippen LogP contribution in [0.3, 0.4) is 0 Å². The summed E-state index contributed by atoms with van der Waals surface area (Å²) in [6.45, 7) is 0.923. The molecule has 0 heterocycles. The largest absolute Gasteiger partial charge is 0.393 e. The third kappa shape index (κ3) is 3.31. The Bertz CT molecular complexity index is 502. The van der Waals surface area contributed by atoms with Gasteiger partial charge in [-0.05, 0) is 49.8 Å². The van der Waals surface area contributed by atoms with Gasteiger partial charge in [-0.1, -0.05) is 42.5 Å². The summed E-state index contributed by atoms with van der Waals surface area (Å²) < 4.78 is 0. The van der Waals surface area contributed by atoms with E-state index in [1.165, 1.54) is 16.3 Å². The fraction of sp³-hybridized carbons (Fsp3) is 0.375. The second-order valence-corrected chi connectivity index (χ2v) is 5.09. The third-order valence-electron chi connectivity index (χ3n) is 3.25. The SMILES string of the molecule is CN(C)CCC(O)Cc1cccc2ccccc12. The molecule has 0 radical (unpaired) electrons. The van der Waals surface area contributed by atoms with Crippen molar-refractivity contribution in [2.75, 3.05) is 20.6 Å². The molecule has 0 spiro atoms. The minimum atomic E-state index is -0.266. The highest BCUT2D eigenvalue weighted by Gasteiger charge is 2.08. The van der Waals surface area contributed by atoms with Crippen LogP contribution in [0.5, 0.6) is 0 Å². The molecule has 0 bridgehead atoms. The summed E-state index contributed by atoms with van der Waals surface area (Å²) in [6.07, 6.45) is 1.28. The maximum atomic E-state index is 10.1. The zero-order valence-electron chi connectivity index (χ0n) is 11.1. The van der Waals surface area contributed by atoms with Crippen LogP contribution in [0, 0.1) is 0 Å². The molecule has 0 saturated carbocycles. The smallest absolute Gasteiger partial charge is 0.0593 e. The van der Waals surface area contributed by atoms with Crippen LogP contribution < -0.4 is 0 Å². The fourth-order valence-corrected chi connectivity index (χ4v) is 2.23. The minimum Gasteiger partial charge on any atom is -0.393 e. The van der Waals surface area contributed by atoms with Crippen LogP contribution in [0.15, 0.2) is 42.5 Å². The highest BCUT2D eigenvalue weighted by atomic mass is 16.3. The molecular weight excluding hydrogens is 222 g/mol. The molecule has 1 unspecified atom stereocenters. The first-order valence-corrected chi connectivity index (χ1v) is 6.46. The topological polar surface area (TPSA) is 23.5 Å². The average Bonchev–Trinajstić information content (AvgIpc) is 2.37. The molecule has 0 amide bonds. The Kier molecular flexibility index (Phi) is 4.34.